The number of benzene rings is 1. The monoisotopic (exact) mass is 357 g/mol. The molecule has 0 atom stereocenters. The third-order valence-electron chi connectivity index (χ3n) is 4.49. The molecule has 0 saturated carbocycles. The van der Waals surface area contributed by atoms with Gasteiger partial charge in [-0.05, 0) is 56.3 Å². The van der Waals surface area contributed by atoms with Crippen LogP contribution in [0.15, 0.2) is 42.6 Å². The predicted molar refractivity (Wildman–Crippen MR) is 97.8 cm³/mol. The first kappa shape index (κ1) is 18.2. The van der Waals surface area contributed by atoms with Gasteiger partial charge in [-0.25, -0.2) is 4.98 Å². The fourth-order valence-corrected chi connectivity index (χ4v) is 2.88. The molecule has 1 fully saturated rings. The molecular weight excluding hydrogens is 334 g/mol. The number of pyridine rings is 1. The number of hydrogen-bond donors (Lipinski definition) is 2. The Hall–Kier alpha value is -2.64. The molecule has 0 unspecified atom stereocenters. The highest BCUT2D eigenvalue weighted by atomic mass is 16.5. The number of ether oxygens (including phenoxy) is 3. The number of amides is 1. The van der Waals surface area contributed by atoms with Crippen LogP contribution in [-0.2, 0) is 9.53 Å². The molecule has 0 aliphatic carbocycles. The fraction of sp³-hybridized carbons (Fsp3) is 0.368. The molecule has 138 valence electrons. The largest absolute Gasteiger partial charge is 0.497 e. The minimum absolute atomic E-state index is 0.146. The first-order valence-electron chi connectivity index (χ1n) is 8.50. The number of aromatic nitrogens is 1. The Labute approximate surface area is 152 Å². The minimum Gasteiger partial charge on any atom is -0.497 e. The van der Waals surface area contributed by atoms with Crippen molar-refractivity contribution in [3.8, 4) is 17.4 Å². The summed E-state index contributed by atoms with van der Waals surface area (Å²) in [6.07, 6.45) is 2.85. The Kier molecular flexibility index (Phi) is 5.70. The van der Waals surface area contributed by atoms with Gasteiger partial charge in [-0.3, -0.25) is 4.79 Å². The Morgan fingerprint density at radius 1 is 1.08 bits per heavy atom. The Bertz CT molecular complexity index is 725. The van der Waals surface area contributed by atoms with Crippen LogP contribution < -0.4 is 20.1 Å². The second kappa shape index (κ2) is 8.16. The molecular formula is C19H23N3O4. The minimum atomic E-state index is -0.788. The van der Waals surface area contributed by atoms with Crippen LogP contribution in [0.5, 0.6) is 17.4 Å². The number of rotatable bonds is 6. The molecule has 7 heteroatoms. The quantitative estimate of drug-likeness (QED) is 0.827. The van der Waals surface area contributed by atoms with Gasteiger partial charge in [0.2, 0.25) is 5.88 Å². The summed E-state index contributed by atoms with van der Waals surface area (Å²) in [5.74, 6) is 1.71. The number of anilines is 1. The molecule has 1 aliphatic heterocycles. The van der Waals surface area contributed by atoms with Crippen molar-refractivity contribution in [2.75, 3.05) is 32.6 Å². The van der Waals surface area contributed by atoms with Gasteiger partial charge in [-0.1, -0.05) is 0 Å². The van der Waals surface area contributed by atoms with E-state index >= 15 is 0 Å². The zero-order valence-electron chi connectivity index (χ0n) is 15.0. The van der Waals surface area contributed by atoms with E-state index in [1.54, 1.807) is 44.7 Å². The topological polar surface area (TPSA) is 81.7 Å². The maximum atomic E-state index is 12.6. The van der Waals surface area contributed by atoms with Gasteiger partial charge in [0.25, 0.3) is 5.91 Å². The van der Waals surface area contributed by atoms with E-state index in [0.717, 1.165) is 18.8 Å². The van der Waals surface area contributed by atoms with Crippen molar-refractivity contribution in [2.24, 2.45) is 0 Å². The number of methoxy groups -OCH3 is 2. The first-order chi connectivity index (χ1) is 12.6. The van der Waals surface area contributed by atoms with Crippen molar-refractivity contribution in [3.05, 3.63) is 42.6 Å². The molecule has 1 aromatic heterocycles. The molecule has 0 radical (unpaired) electrons. The number of carbonyl (C=O) groups is 1. The van der Waals surface area contributed by atoms with E-state index < -0.39 is 5.60 Å². The van der Waals surface area contributed by atoms with Crippen molar-refractivity contribution >= 4 is 11.6 Å². The van der Waals surface area contributed by atoms with Crippen LogP contribution in [0.4, 0.5) is 5.69 Å². The van der Waals surface area contributed by atoms with Gasteiger partial charge in [0, 0.05) is 13.2 Å². The maximum Gasteiger partial charge on any atom is 0.256 e. The standard InChI is InChI=1S/C19H23N3O4/c1-24-15-4-6-16(7-5-15)26-17-8-3-14(13-21-17)22-18(23)19(25-2)9-11-20-12-10-19/h3-8,13,20H,9-12H2,1-2H3,(H,22,23). The average molecular weight is 357 g/mol. The summed E-state index contributed by atoms with van der Waals surface area (Å²) in [7, 11) is 3.19. The van der Waals surface area contributed by atoms with Crippen LogP contribution in [0.3, 0.4) is 0 Å². The van der Waals surface area contributed by atoms with E-state index in [0.29, 0.717) is 30.2 Å². The van der Waals surface area contributed by atoms with E-state index in [1.807, 2.05) is 12.1 Å². The smallest absolute Gasteiger partial charge is 0.256 e. The molecule has 7 nitrogen and oxygen atoms in total. The van der Waals surface area contributed by atoms with Crippen LogP contribution in [0.1, 0.15) is 12.8 Å². The van der Waals surface area contributed by atoms with Crippen LogP contribution in [0, 0.1) is 0 Å². The van der Waals surface area contributed by atoms with Gasteiger partial charge >= 0.3 is 0 Å². The van der Waals surface area contributed by atoms with E-state index in [4.69, 9.17) is 14.2 Å². The molecule has 1 amide bonds. The second-order valence-corrected chi connectivity index (χ2v) is 6.07. The van der Waals surface area contributed by atoms with Crippen molar-refractivity contribution < 1.29 is 19.0 Å². The van der Waals surface area contributed by atoms with E-state index in [9.17, 15) is 4.79 Å². The van der Waals surface area contributed by atoms with E-state index in [-0.39, 0.29) is 5.91 Å². The SMILES string of the molecule is COc1ccc(Oc2ccc(NC(=O)C3(OC)CCNCC3)cn2)cc1. The third-order valence-corrected chi connectivity index (χ3v) is 4.49. The molecule has 2 aromatic rings. The molecule has 1 aliphatic rings. The zero-order chi connectivity index (χ0) is 18.4. The van der Waals surface area contributed by atoms with Gasteiger partial charge in [0.15, 0.2) is 0 Å². The molecule has 2 heterocycles. The lowest BCUT2D eigenvalue weighted by Gasteiger charge is -2.34. The number of carbonyl (C=O) groups excluding carboxylic acids is 1. The molecule has 0 spiro atoms. The van der Waals surface area contributed by atoms with Crippen LogP contribution >= 0.6 is 0 Å². The normalized spacial score (nSPS) is 15.9. The lowest BCUT2D eigenvalue weighted by atomic mass is 9.91. The summed E-state index contributed by atoms with van der Waals surface area (Å²) in [6.45, 7) is 1.52. The van der Waals surface area contributed by atoms with Crippen LogP contribution in [-0.4, -0.2) is 43.8 Å². The summed E-state index contributed by atoms with van der Waals surface area (Å²) in [4.78, 5) is 16.9. The number of piperidine rings is 1. The second-order valence-electron chi connectivity index (χ2n) is 6.07. The number of nitrogens with one attached hydrogen (secondary N) is 2. The predicted octanol–water partition coefficient (Wildman–Crippen LogP) is 2.59. The lowest BCUT2D eigenvalue weighted by molar-refractivity contribution is -0.140. The highest BCUT2D eigenvalue weighted by Gasteiger charge is 2.39. The highest BCUT2D eigenvalue weighted by molar-refractivity contribution is 5.97. The highest BCUT2D eigenvalue weighted by Crippen LogP contribution is 2.26. The van der Waals surface area contributed by atoms with Gasteiger partial charge < -0.3 is 24.8 Å². The van der Waals surface area contributed by atoms with Gasteiger partial charge in [0.1, 0.15) is 17.1 Å². The Morgan fingerprint density at radius 2 is 1.77 bits per heavy atom. The van der Waals surface area contributed by atoms with Gasteiger partial charge in [-0.2, -0.15) is 0 Å². The molecule has 26 heavy (non-hydrogen) atoms. The number of hydrogen-bond acceptors (Lipinski definition) is 6. The Balaban J connectivity index is 1.62. The molecule has 1 saturated heterocycles. The summed E-state index contributed by atoms with van der Waals surface area (Å²) in [6, 6.07) is 10.7. The first-order valence-corrected chi connectivity index (χ1v) is 8.50. The van der Waals surface area contributed by atoms with Crippen molar-refractivity contribution in [1.29, 1.82) is 0 Å². The summed E-state index contributed by atoms with van der Waals surface area (Å²) < 4.78 is 16.3. The van der Waals surface area contributed by atoms with Gasteiger partial charge in [0.05, 0.1) is 19.0 Å². The van der Waals surface area contributed by atoms with Crippen LogP contribution in [0.25, 0.3) is 0 Å². The molecule has 0 bridgehead atoms. The molecule has 1 aromatic carbocycles. The average Bonchev–Trinajstić information content (AvgIpc) is 2.70. The molecule has 2 N–H and O–H groups in total. The van der Waals surface area contributed by atoms with E-state index in [2.05, 4.69) is 15.6 Å². The summed E-state index contributed by atoms with van der Waals surface area (Å²) in [5.41, 5.74) is -0.184. The lowest BCUT2D eigenvalue weighted by Crippen LogP contribution is -2.51. The van der Waals surface area contributed by atoms with Gasteiger partial charge in [-0.15, -0.1) is 0 Å². The summed E-state index contributed by atoms with van der Waals surface area (Å²) in [5, 5.41) is 6.12. The van der Waals surface area contributed by atoms with Crippen LogP contribution in [0.2, 0.25) is 0 Å². The van der Waals surface area contributed by atoms with Crippen molar-refractivity contribution in [1.82, 2.24) is 10.3 Å². The number of nitrogens with zero attached hydrogens (tertiary/aromatic N) is 1. The van der Waals surface area contributed by atoms with Crippen molar-refractivity contribution in [3.63, 3.8) is 0 Å². The van der Waals surface area contributed by atoms with Crippen molar-refractivity contribution in [2.45, 2.75) is 18.4 Å². The summed E-state index contributed by atoms with van der Waals surface area (Å²) >= 11 is 0. The maximum absolute atomic E-state index is 12.6. The molecule has 3 rings (SSSR count). The van der Waals surface area contributed by atoms with E-state index in [1.165, 1.54) is 0 Å². The Morgan fingerprint density at radius 3 is 2.35 bits per heavy atom. The zero-order valence-corrected chi connectivity index (χ0v) is 15.0. The third kappa shape index (κ3) is 4.12. The fourth-order valence-electron chi connectivity index (χ4n) is 2.88.